The molecular formula is C19H21NO2S. The first-order chi connectivity index (χ1) is 10.6. The van der Waals surface area contributed by atoms with Crippen LogP contribution in [0.2, 0.25) is 0 Å². The Balaban J connectivity index is 2.54. The average Bonchev–Trinajstić information content (AvgIpc) is 2.44. The summed E-state index contributed by atoms with van der Waals surface area (Å²) in [5.41, 5.74) is 3.46. The lowest BCUT2D eigenvalue weighted by atomic mass is 9.96. The van der Waals surface area contributed by atoms with E-state index in [1.165, 1.54) is 6.26 Å². The summed E-state index contributed by atoms with van der Waals surface area (Å²) in [7, 11) is -3.19. The second-order valence-corrected chi connectivity index (χ2v) is 8.72. The van der Waals surface area contributed by atoms with Crippen LogP contribution >= 0.6 is 0 Å². The van der Waals surface area contributed by atoms with Crippen molar-refractivity contribution >= 4 is 9.84 Å². The summed E-state index contributed by atoms with van der Waals surface area (Å²) in [4.78, 5) is 4.75. The molecule has 0 atom stereocenters. The van der Waals surface area contributed by atoms with Crippen molar-refractivity contribution in [2.75, 3.05) is 6.26 Å². The fourth-order valence-corrected chi connectivity index (χ4v) is 2.65. The number of sulfone groups is 1. The van der Waals surface area contributed by atoms with Crippen molar-refractivity contribution in [1.82, 2.24) is 4.98 Å². The van der Waals surface area contributed by atoms with E-state index < -0.39 is 9.84 Å². The van der Waals surface area contributed by atoms with E-state index in [4.69, 9.17) is 0 Å². The number of nitrogens with zero attached hydrogens (tertiary/aromatic N) is 1. The number of rotatable bonds is 2. The van der Waals surface area contributed by atoms with Gasteiger partial charge in [-0.2, -0.15) is 0 Å². The van der Waals surface area contributed by atoms with Crippen LogP contribution in [0.4, 0.5) is 0 Å². The molecule has 3 nitrogen and oxygen atoms in total. The molecule has 4 heteroatoms. The molecule has 2 rings (SSSR count). The van der Waals surface area contributed by atoms with Crippen LogP contribution < -0.4 is 0 Å². The van der Waals surface area contributed by atoms with Crippen molar-refractivity contribution in [3.63, 3.8) is 0 Å². The molecule has 2 aromatic rings. The molecule has 23 heavy (non-hydrogen) atoms. The predicted molar refractivity (Wildman–Crippen MR) is 93.9 cm³/mol. The summed E-state index contributed by atoms with van der Waals surface area (Å²) in [6.45, 7) is 8.13. The molecule has 0 bridgehead atoms. The molecule has 0 amide bonds. The van der Waals surface area contributed by atoms with E-state index >= 15 is 0 Å². The SMILES string of the molecule is Cc1cnc(C#CC(C)(C)C)c(-c2ccc(S(C)(=O)=O)cc2)c1. The Morgan fingerprint density at radius 3 is 2.22 bits per heavy atom. The Bertz CT molecular complexity index is 878. The second kappa shape index (κ2) is 6.17. The molecule has 0 aliphatic rings. The van der Waals surface area contributed by atoms with Crippen LogP contribution in [-0.2, 0) is 9.84 Å². The molecule has 0 unspecified atom stereocenters. The minimum absolute atomic E-state index is 0.107. The summed E-state index contributed by atoms with van der Waals surface area (Å²) in [5, 5.41) is 0. The molecule has 0 aliphatic carbocycles. The van der Waals surface area contributed by atoms with Crippen LogP contribution in [0.25, 0.3) is 11.1 Å². The van der Waals surface area contributed by atoms with E-state index in [9.17, 15) is 8.42 Å². The molecule has 1 aromatic carbocycles. The summed E-state index contributed by atoms with van der Waals surface area (Å²) in [5.74, 6) is 6.34. The van der Waals surface area contributed by atoms with Crippen LogP contribution in [0.5, 0.6) is 0 Å². The quantitative estimate of drug-likeness (QED) is 0.787. The molecule has 0 radical (unpaired) electrons. The highest BCUT2D eigenvalue weighted by atomic mass is 32.2. The first-order valence-corrected chi connectivity index (χ1v) is 9.26. The lowest BCUT2D eigenvalue weighted by molar-refractivity contribution is 0.571. The zero-order valence-electron chi connectivity index (χ0n) is 14.1. The Labute approximate surface area is 138 Å². The van der Waals surface area contributed by atoms with E-state index in [2.05, 4.69) is 37.6 Å². The van der Waals surface area contributed by atoms with Crippen molar-refractivity contribution in [3.05, 3.63) is 47.8 Å². The molecule has 0 saturated heterocycles. The maximum Gasteiger partial charge on any atom is 0.175 e. The highest BCUT2D eigenvalue weighted by Crippen LogP contribution is 2.25. The molecular weight excluding hydrogens is 306 g/mol. The highest BCUT2D eigenvalue weighted by Gasteiger charge is 2.10. The van der Waals surface area contributed by atoms with Gasteiger partial charge in [0, 0.05) is 23.4 Å². The zero-order chi connectivity index (χ0) is 17.3. The molecule has 0 N–H and O–H groups in total. The third-order valence-corrected chi connectivity index (χ3v) is 4.30. The standard InChI is InChI=1S/C19H21NO2S/c1-14-12-17(18(20-13-14)10-11-19(2,3)4)15-6-8-16(9-7-15)23(5,21)22/h6-9,12-13H,1-5H3. The smallest absolute Gasteiger partial charge is 0.175 e. The summed E-state index contributed by atoms with van der Waals surface area (Å²) < 4.78 is 23.2. The Morgan fingerprint density at radius 2 is 1.70 bits per heavy atom. The van der Waals surface area contributed by atoms with E-state index in [1.807, 2.05) is 13.0 Å². The van der Waals surface area contributed by atoms with Crippen molar-refractivity contribution < 1.29 is 8.42 Å². The number of benzene rings is 1. The summed E-state index contributed by atoms with van der Waals surface area (Å²) in [6.07, 6.45) is 3.00. The van der Waals surface area contributed by atoms with E-state index in [1.54, 1.807) is 30.5 Å². The number of hydrogen-bond acceptors (Lipinski definition) is 3. The third kappa shape index (κ3) is 4.67. The monoisotopic (exact) mass is 327 g/mol. The van der Waals surface area contributed by atoms with E-state index in [0.717, 1.165) is 16.7 Å². The van der Waals surface area contributed by atoms with E-state index in [0.29, 0.717) is 10.6 Å². The van der Waals surface area contributed by atoms with Crippen LogP contribution in [0.1, 0.15) is 32.0 Å². The van der Waals surface area contributed by atoms with Gasteiger partial charge in [-0.25, -0.2) is 13.4 Å². The normalized spacial score (nSPS) is 11.7. The van der Waals surface area contributed by atoms with Gasteiger partial charge in [-0.15, -0.1) is 0 Å². The lowest BCUT2D eigenvalue weighted by Crippen LogP contribution is -2.00. The number of aromatic nitrogens is 1. The zero-order valence-corrected chi connectivity index (χ0v) is 15.0. The van der Waals surface area contributed by atoms with Crippen LogP contribution in [0.15, 0.2) is 41.4 Å². The topological polar surface area (TPSA) is 47.0 Å². The molecule has 1 heterocycles. The van der Waals surface area contributed by atoms with Gasteiger partial charge < -0.3 is 0 Å². The Hall–Kier alpha value is -2.12. The Morgan fingerprint density at radius 1 is 1.09 bits per heavy atom. The van der Waals surface area contributed by atoms with Gasteiger partial charge in [0.25, 0.3) is 0 Å². The van der Waals surface area contributed by atoms with Gasteiger partial charge in [0.1, 0.15) is 5.69 Å². The fraction of sp³-hybridized carbons (Fsp3) is 0.316. The fourth-order valence-electron chi connectivity index (χ4n) is 2.02. The van der Waals surface area contributed by atoms with Crippen LogP contribution in [0, 0.1) is 24.2 Å². The summed E-state index contributed by atoms with van der Waals surface area (Å²) >= 11 is 0. The largest absolute Gasteiger partial charge is 0.247 e. The van der Waals surface area contributed by atoms with Crippen molar-refractivity contribution in [2.24, 2.45) is 5.41 Å². The molecule has 0 aliphatic heterocycles. The molecule has 0 saturated carbocycles. The molecule has 1 aromatic heterocycles. The minimum Gasteiger partial charge on any atom is -0.247 e. The number of aryl methyl sites for hydroxylation is 1. The predicted octanol–water partition coefficient (Wildman–Crippen LogP) is 3.86. The average molecular weight is 327 g/mol. The van der Waals surface area contributed by atoms with Crippen LogP contribution in [0.3, 0.4) is 0 Å². The first-order valence-electron chi connectivity index (χ1n) is 7.36. The maximum atomic E-state index is 11.6. The second-order valence-electron chi connectivity index (χ2n) is 6.71. The lowest BCUT2D eigenvalue weighted by Gasteiger charge is -2.09. The minimum atomic E-state index is -3.19. The van der Waals surface area contributed by atoms with Gasteiger partial charge in [0.15, 0.2) is 9.84 Å². The highest BCUT2D eigenvalue weighted by molar-refractivity contribution is 7.90. The summed E-state index contributed by atoms with van der Waals surface area (Å²) in [6, 6.07) is 8.86. The number of pyridine rings is 1. The number of hydrogen-bond donors (Lipinski definition) is 0. The van der Waals surface area contributed by atoms with Gasteiger partial charge >= 0.3 is 0 Å². The van der Waals surface area contributed by atoms with Crippen molar-refractivity contribution in [3.8, 4) is 23.0 Å². The van der Waals surface area contributed by atoms with Gasteiger partial charge in [-0.05, 0) is 62.9 Å². The van der Waals surface area contributed by atoms with Gasteiger partial charge in [0.2, 0.25) is 0 Å². The third-order valence-electron chi connectivity index (χ3n) is 3.17. The van der Waals surface area contributed by atoms with Gasteiger partial charge in [0.05, 0.1) is 4.90 Å². The van der Waals surface area contributed by atoms with Crippen molar-refractivity contribution in [2.45, 2.75) is 32.6 Å². The van der Waals surface area contributed by atoms with E-state index in [-0.39, 0.29) is 5.41 Å². The van der Waals surface area contributed by atoms with Gasteiger partial charge in [-0.3, -0.25) is 0 Å². The Kier molecular flexibility index (Phi) is 4.63. The van der Waals surface area contributed by atoms with Crippen molar-refractivity contribution in [1.29, 1.82) is 0 Å². The maximum absolute atomic E-state index is 11.6. The van der Waals surface area contributed by atoms with Gasteiger partial charge in [-0.1, -0.05) is 18.1 Å². The molecule has 120 valence electrons. The molecule has 0 spiro atoms. The first kappa shape index (κ1) is 17.2. The molecule has 0 fully saturated rings. The van der Waals surface area contributed by atoms with Crippen LogP contribution in [-0.4, -0.2) is 19.7 Å².